The van der Waals surface area contributed by atoms with Crippen molar-refractivity contribution in [3.05, 3.63) is 11.1 Å². The molecule has 1 atom stereocenters. The van der Waals surface area contributed by atoms with E-state index in [4.69, 9.17) is 0 Å². The molecule has 2 amide bonds. The molecule has 4 heteroatoms. The van der Waals surface area contributed by atoms with Gasteiger partial charge in [-0.1, -0.05) is 0 Å². The van der Waals surface area contributed by atoms with Crippen LogP contribution in [0.4, 0.5) is 0 Å². The molecule has 0 aromatic carbocycles. The van der Waals surface area contributed by atoms with Crippen molar-refractivity contribution in [2.45, 2.75) is 39.2 Å². The van der Waals surface area contributed by atoms with Crippen molar-refractivity contribution < 1.29 is 9.59 Å². The van der Waals surface area contributed by atoms with Gasteiger partial charge in [-0.15, -0.1) is 0 Å². The molecule has 2 aliphatic heterocycles. The lowest BCUT2D eigenvalue weighted by atomic mass is 10.1. The topological polar surface area (TPSA) is 49.4 Å². The van der Waals surface area contributed by atoms with E-state index in [1.54, 1.807) is 13.8 Å². The molecule has 4 nitrogen and oxygen atoms in total. The third-order valence-electron chi connectivity index (χ3n) is 3.55. The van der Waals surface area contributed by atoms with Gasteiger partial charge in [0, 0.05) is 17.2 Å². The van der Waals surface area contributed by atoms with Gasteiger partial charge in [0.25, 0.3) is 11.8 Å². The average molecular weight is 222 g/mol. The molecule has 16 heavy (non-hydrogen) atoms. The van der Waals surface area contributed by atoms with Crippen molar-refractivity contribution in [2.75, 3.05) is 13.1 Å². The van der Waals surface area contributed by atoms with Gasteiger partial charge in [0.15, 0.2) is 0 Å². The quantitative estimate of drug-likeness (QED) is 0.669. The van der Waals surface area contributed by atoms with Gasteiger partial charge in [-0.05, 0) is 46.2 Å². The van der Waals surface area contributed by atoms with Crippen LogP contribution in [0, 0.1) is 0 Å². The van der Waals surface area contributed by atoms with E-state index in [-0.39, 0.29) is 17.9 Å². The van der Waals surface area contributed by atoms with Crippen LogP contribution in [0.25, 0.3) is 0 Å². The Labute approximate surface area is 95.7 Å². The lowest BCUT2D eigenvalue weighted by Gasteiger charge is -2.25. The molecule has 0 aromatic rings. The molecule has 2 rings (SSSR count). The Morgan fingerprint density at radius 3 is 2.31 bits per heavy atom. The molecule has 1 saturated heterocycles. The smallest absolute Gasteiger partial charge is 0.257 e. The Balaban J connectivity index is 2.16. The van der Waals surface area contributed by atoms with Crippen LogP contribution in [0.1, 0.15) is 33.1 Å². The van der Waals surface area contributed by atoms with Gasteiger partial charge in [-0.3, -0.25) is 14.5 Å². The molecular weight excluding hydrogens is 204 g/mol. The van der Waals surface area contributed by atoms with Crippen LogP contribution in [-0.2, 0) is 9.59 Å². The number of imide groups is 1. The van der Waals surface area contributed by atoms with E-state index >= 15 is 0 Å². The number of nitrogens with zero attached hydrogens (tertiary/aromatic N) is 1. The highest BCUT2D eigenvalue weighted by atomic mass is 16.2. The number of carbonyl (C=O) groups excluding carboxylic acids is 2. The lowest BCUT2D eigenvalue weighted by molar-refractivity contribution is -0.140. The van der Waals surface area contributed by atoms with Crippen molar-refractivity contribution in [2.24, 2.45) is 0 Å². The molecule has 2 aliphatic rings. The summed E-state index contributed by atoms with van der Waals surface area (Å²) < 4.78 is 0. The molecule has 0 spiro atoms. The minimum Gasteiger partial charge on any atom is -0.317 e. The Kier molecular flexibility index (Phi) is 3.10. The largest absolute Gasteiger partial charge is 0.317 e. The first-order valence-electron chi connectivity index (χ1n) is 5.89. The van der Waals surface area contributed by atoms with Crippen LogP contribution in [0.15, 0.2) is 11.1 Å². The zero-order valence-corrected chi connectivity index (χ0v) is 9.88. The zero-order valence-electron chi connectivity index (χ0n) is 9.88. The molecule has 1 unspecified atom stereocenters. The van der Waals surface area contributed by atoms with E-state index in [1.807, 2.05) is 0 Å². The predicted octanol–water partition coefficient (Wildman–Crippen LogP) is 0.834. The van der Waals surface area contributed by atoms with Crippen LogP contribution in [0.2, 0.25) is 0 Å². The molecule has 0 aliphatic carbocycles. The normalized spacial score (nSPS) is 27.6. The van der Waals surface area contributed by atoms with Gasteiger partial charge in [-0.2, -0.15) is 0 Å². The molecular formula is C12H18N2O2. The maximum atomic E-state index is 12.0. The first kappa shape index (κ1) is 11.3. The van der Waals surface area contributed by atoms with Gasteiger partial charge in [0.2, 0.25) is 0 Å². The van der Waals surface area contributed by atoms with Crippen LogP contribution < -0.4 is 5.32 Å². The SMILES string of the molecule is CC1=C(C)C(=O)N(C2CCCNCC2)C1=O. The highest BCUT2D eigenvalue weighted by Crippen LogP contribution is 2.25. The highest BCUT2D eigenvalue weighted by Gasteiger charge is 2.37. The fraction of sp³-hybridized carbons (Fsp3) is 0.667. The van der Waals surface area contributed by atoms with Crippen LogP contribution in [0.3, 0.4) is 0 Å². The van der Waals surface area contributed by atoms with Gasteiger partial charge in [-0.25, -0.2) is 0 Å². The Bertz CT molecular complexity index is 328. The number of amides is 2. The Morgan fingerprint density at radius 1 is 1.06 bits per heavy atom. The van der Waals surface area contributed by atoms with Crippen molar-refractivity contribution in [3.8, 4) is 0 Å². The molecule has 0 aromatic heterocycles. The maximum Gasteiger partial charge on any atom is 0.257 e. The molecule has 0 bridgehead atoms. The highest BCUT2D eigenvalue weighted by molar-refractivity contribution is 6.18. The Hall–Kier alpha value is -1.16. The van der Waals surface area contributed by atoms with E-state index < -0.39 is 0 Å². The van der Waals surface area contributed by atoms with Gasteiger partial charge in [0.05, 0.1) is 0 Å². The number of nitrogens with one attached hydrogen (secondary N) is 1. The minimum absolute atomic E-state index is 0.0856. The third-order valence-corrected chi connectivity index (χ3v) is 3.55. The van der Waals surface area contributed by atoms with Gasteiger partial charge in [0.1, 0.15) is 0 Å². The zero-order chi connectivity index (χ0) is 11.7. The second-order valence-electron chi connectivity index (χ2n) is 4.57. The van der Waals surface area contributed by atoms with E-state index in [0.29, 0.717) is 11.1 Å². The monoisotopic (exact) mass is 222 g/mol. The second-order valence-corrected chi connectivity index (χ2v) is 4.57. The predicted molar refractivity (Wildman–Crippen MR) is 60.7 cm³/mol. The van der Waals surface area contributed by atoms with Crippen molar-refractivity contribution in [3.63, 3.8) is 0 Å². The van der Waals surface area contributed by atoms with E-state index in [1.165, 1.54) is 4.90 Å². The summed E-state index contributed by atoms with van der Waals surface area (Å²) in [6.45, 7) is 5.35. The summed E-state index contributed by atoms with van der Waals surface area (Å²) in [5.74, 6) is -0.177. The van der Waals surface area contributed by atoms with E-state index in [2.05, 4.69) is 5.32 Å². The fourth-order valence-electron chi connectivity index (χ4n) is 2.36. The van der Waals surface area contributed by atoms with Crippen molar-refractivity contribution in [1.82, 2.24) is 10.2 Å². The summed E-state index contributed by atoms with van der Waals surface area (Å²) in [7, 11) is 0. The summed E-state index contributed by atoms with van der Waals surface area (Å²) >= 11 is 0. The number of rotatable bonds is 1. The van der Waals surface area contributed by atoms with Crippen LogP contribution in [0.5, 0.6) is 0 Å². The first-order chi connectivity index (χ1) is 7.63. The van der Waals surface area contributed by atoms with Gasteiger partial charge >= 0.3 is 0 Å². The second kappa shape index (κ2) is 4.37. The average Bonchev–Trinajstić information content (AvgIpc) is 2.54. The maximum absolute atomic E-state index is 12.0. The van der Waals surface area contributed by atoms with E-state index in [9.17, 15) is 9.59 Å². The van der Waals surface area contributed by atoms with Crippen molar-refractivity contribution in [1.29, 1.82) is 0 Å². The summed E-state index contributed by atoms with van der Waals surface area (Å²) in [5.41, 5.74) is 1.23. The summed E-state index contributed by atoms with van der Waals surface area (Å²) in [6.07, 6.45) is 2.82. The fourth-order valence-corrected chi connectivity index (χ4v) is 2.36. The molecule has 1 fully saturated rings. The third kappa shape index (κ3) is 1.78. The Morgan fingerprint density at radius 2 is 1.69 bits per heavy atom. The van der Waals surface area contributed by atoms with E-state index in [0.717, 1.165) is 32.4 Å². The summed E-state index contributed by atoms with van der Waals surface area (Å²) in [4.78, 5) is 25.4. The standard InChI is InChI=1S/C12H18N2O2/c1-8-9(2)12(16)14(11(8)15)10-4-3-6-13-7-5-10/h10,13H,3-7H2,1-2H3. The summed E-state index contributed by atoms with van der Waals surface area (Å²) in [5, 5.41) is 3.29. The minimum atomic E-state index is -0.0885. The van der Waals surface area contributed by atoms with Crippen LogP contribution >= 0.6 is 0 Å². The number of hydrogen-bond acceptors (Lipinski definition) is 3. The molecule has 0 radical (unpaired) electrons. The number of carbonyl (C=O) groups is 2. The molecule has 0 saturated carbocycles. The first-order valence-corrected chi connectivity index (χ1v) is 5.89. The molecule has 2 heterocycles. The van der Waals surface area contributed by atoms with Gasteiger partial charge < -0.3 is 5.32 Å². The molecule has 88 valence electrons. The summed E-state index contributed by atoms with van der Waals surface area (Å²) in [6, 6.07) is 0.0856. The van der Waals surface area contributed by atoms with Crippen molar-refractivity contribution >= 4 is 11.8 Å². The number of hydrogen-bond donors (Lipinski definition) is 1. The lowest BCUT2D eigenvalue weighted by Crippen LogP contribution is -2.41. The molecule has 1 N–H and O–H groups in total. The van der Waals surface area contributed by atoms with Crippen LogP contribution in [-0.4, -0.2) is 35.8 Å².